The summed E-state index contributed by atoms with van der Waals surface area (Å²) in [6, 6.07) is 3.80. The molecule has 2 bridgehead atoms. The zero-order valence-electron chi connectivity index (χ0n) is 12.2. The first-order chi connectivity index (χ1) is 10.1. The maximum absolute atomic E-state index is 5.77. The Hall–Kier alpha value is -1.95. The van der Waals surface area contributed by atoms with E-state index in [1.165, 1.54) is 0 Å². The van der Waals surface area contributed by atoms with E-state index in [2.05, 4.69) is 20.5 Å². The van der Waals surface area contributed by atoms with Crippen LogP contribution in [-0.2, 0) is 12.0 Å². The molecule has 6 nitrogen and oxygen atoms in total. The van der Waals surface area contributed by atoms with Crippen LogP contribution >= 0.6 is 0 Å². The summed E-state index contributed by atoms with van der Waals surface area (Å²) in [5.41, 5.74) is 1.42. The van der Waals surface area contributed by atoms with Crippen LogP contribution in [0, 0.1) is 6.92 Å². The van der Waals surface area contributed by atoms with Crippen molar-refractivity contribution in [1.82, 2.24) is 20.5 Å². The van der Waals surface area contributed by atoms with Crippen LogP contribution in [0.25, 0.3) is 0 Å². The van der Waals surface area contributed by atoms with Crippen molar-refractivity contribution in [3.63, 3.8) is 0 Å². The van der Waals surface area contributed by atoms with E-state index in [-0.39, 0.29) is 12.0 Å². The van der Waals surface area contributed by atoms with E-state index in [1.807, 2.05) is 26.1 Å². The summed E-state index contributed by atoms with van der Waals surface area (Å²) in [6.07, 6.45) is 4.99. The number of rotatable bonds is 5. The van der Waals surface area contributed by atoms with Crippen LogP contribution in [0.3, 0.4) is 0 Å². The number of ether oxygens (including phenoxy) is 1. The van der Waals surface area contributed by atoms with Gasteiger partial charge in [-0.05, 0) is 45.4 Å². The summed E-state index contributed by atoms with van der Waals surface area (Å²) in [4.78, 5) is 4.18. The molecule has 110 valence electrons. The molecule has 0 saturated heterocycles. The predicted molar refractivity (Wildman–Crippen MR) is 74.9 cm³/mol. The second kappa shape index (κ2) is 4.27. The Morgan fingerprint density at radius 1 is 1.29 bits per heavy atom. The lowest BCUT2D eigenvalue weighted by Gasteiger charge is -2.68. The fourth-order valence-corrected chi connectivity index (χ4v) is 3.49. The number of nitrogens with one attached hydrogen (secondary N) is 1. The Morgan fingerprint density at radius 2 is 2.10 bits per heavy atom. The van der Waals surface area contributed by atoms with Gasteiger partial charge in [0.2, 0.25) is 5.89 Å². The second-order valence-corrected chi connectivity index (χ2v) is 6.27. The van der Waals surface area contributed by atoms with Gasteiger partial charge in [0.25, 0.3) is 5.89 Å². The van der Waals surface area contributed by atoms with Gasteiger partial charge in [0.05, 0.1) is 11.6 Å². The third kappa shape index (κ3) is 1.93. The van der Waals surface area contributed by atoms with E-state index in [4.69, 9.17) is 9.15 Å². The Bertz CT molecular complexity index is 645. The van der Waals surface area contributed by atoms with Crippen molar-refractivity contribution in [2.75, 3.05) is 7.05 Å². The monoisotopic (exact) mass is 286 g/mol. The first-order valence-electron chi connectivity index (χ1n) is 7.20. The molecule has 0 spiro atoms. The minimum atomic E-state index is 0.125. The average Bonchev–Trinajstić information content (AvgIpc) is 2.85. The van der Waals surface area contributed by atoms with Crippen molar-refractivity contribution in [2.24, 2.45) is 0 Å². The number of aromatic nitrogens is 3. The number of aryl methyl sites for hydroxylation is 1. The van der Waals surface area contributed by atoms with Gasteiger partial charge in [0.15, 0.2) is 6.61 Å². The third-order valence-electron chi connectivity index (χ3n) is 4.73. The van der Waals surface area contributed by atoms with Gasteiger partial charge >= 0.3 is 0 Å². The van der Waals surface area contributed by atoms with E-state index < -0.39 is 0 Å². The molecular weight excluding hydrogens is 268 g/mol. The fourth-order valence-electron chi connectivity index (χ4n) is 3.49. The lowest BCUT2D eigenvalue weighted by atomic mass is 9.39. The topological polar surface area (TPSA) is 73.1 Å². The van der Waals surface area contributed by atoms with Crippen molar-refractivity contribution >= 4 is 0 Å². The molecule has 0 atom stereocenters. The van der Waals surface area contributed by atoms with Crippen LogP contribution in [0.4, 0.5) is 0 Å². The van der Waals surface area contributed by atoms with Gasteiger partial charge in [-0.15, -0.1) is 10.2 Å². The molecule has 0 unspecified atom stereocenters. The van der Waals surface area contributed by atoms with Crippen molar-refractivity contribution in [3.05, 3.63) is 35.8 Å². The van der Waals surface area contributed by atoms with Gasteiger partial charge in [0.1, 0.15) is 5.75 Å². The van der Waals surface area contributed by atoms with Crippen molar-refractivity contribution in [1.29, 1.82) is 0 Å². The molecule has 0 amide bonds. The lowest BCUT2D eigenvalue weighted by molar-refractivity contribution is -0.0995. The Kier molecular flexibility index (Phi) is 2.60. The summed E-state index contributed by atoms with van der Waals surface area (Å²) >= 11 is 0. The minimum absolute atomic E-state index is 0.125. The molecule has 3 aliphatic carbocycles. The maximum atomic E-state index is 5.77. The summed E-state index contributed by atoms with van der Waals surface area (Å²) in [5, 5.41) is 11.7. The molecule has 3 fully saturated rings. The largest absolute Gasteiger partial charge is 0.482 e. The standard InChI is InChI=1S/C15H18N4O2/c1-10-3-4-11(5-17-10)20-6-12-18-19-13(21-12)14-7-15(8-14,9-14)16-2/h3-5,16H,6-9H2,1-2H3. The smallest absolute Gasteiger partial charge is 0.253 e. The second-order valence-electron chi connectivity index (χ2n) is 6.27. The molecule has 1 N–H and O–H groups in total. The third-order valence-corrected chi connectivity index (χ3v) is 4.73. The van der Waals surface area contributed by atoms with Crippen molar-refractivity contribution in [3.8, 4) is 5.75 Å². The SMILES string of the molecule is CNC12CC(c3nnc(COc4ccc(C)nc4)o3)(C1)C2. The highest BCUT2D eigenvalue weighted by atomic mass is 16.5. The highest BCUT2D eigenvalue weighted by Crippen LogP contribution is 2.67. The van der Waals surface area contributed by atoms with Gasteiger partial charge in [-0.3, -0.25) is 4.98 Å². The predicted octanol–water partition coefficient (Wildman–Crippen LogP) is 1.75. The number of nitrogens with zero attached hydrogens (tertiary/aromatic N) is 3. The molecular formula is C15H18N4O2. The van der Waals surface area contributed by atoms with Crippen LogP contribution in [0.5, 0.6) is 5.75 Å². The summed E-state index contributed by atoms with van der Waals surface area (Å²) < 4.78 is 11.4. The molecule has 2 heterocycles. The minimum Gasteiger partial charge on any atom is -0.482 e. The number of hydrogen-bond acceptors (Lipinski definition) is 6. The van der Waals surface area contributed by atoms with Gasteiger partial charge in [0, 0.05) is 11.2 Å². The summed E-state index contributed by atoms with van der Waals surface area (Å²) in [6.45, 7) is 2.22. The first-order valence-corrected chi connectivity index (χ1v) is 7.20. The fraction of sp³-hybridized carbons (Fsp3) is 0.533. The maximum Gasteiger partial charge on any atom is 0.253 e. The zero-order valence-corrected chi connectivity index (χ0v) is 12.2. The molecule has 0 aromatic carbocycles. The molecule has 6 heteroatoms. The molecule has 5 rings (SSSR count). The molecule has 0 aliphatic heterocycles. The van der Waals surface area contributed by atoms with Gasteiger partial charge in [-0.1, -0.05) is 0 Å². The van der Waals surface area contributed by atoms with Crippen molar-refractivity contribution < 1.29 is 9.15 Å². The van der Waals surface area contributed by atoms with Crippen LogP contribution in [0.2, 0.25) is 0 Å². The summed E-state index contributed by atoms with van der Waals surface area (Å²) in [5.74, 6) is 1.99. The highest BCUT2D eigenvalue weighted by Gasteiger charge is 2.70. The quantitative estimate of drug-likeness (QED) is 0.902. The number of hydrogen-bond donors (Lipinski definition) is 1. The zero-order chi connectivity index (χ0) is 14.5. The molecule has 21 heavy (non-hydrogen) atoms. The van der Waals surface area contributed by atoms with Gasteiger partial charge < -0.3 is 14.5 Å². The van der Waals surface area contributed by atoms with Crippen molar-refractivity contribution in [2.45, 2.75) is 43.7 Å². The van der Waals surface area contributed by atoms with Crippen LogP contribution < -0.4 is 10.1 Å². The van der Waals surface area contributed by atoms with Crippen LogP contribution in [0.1, 0.15) is 36.7 Å². The molecule has 3 saturated carbocycles. The number of pyridine rings is 1. The molecule has 2 aromatic heterocycles. The average molecular weight is 286 g/mol. The van der Waals surface area contributed by atoms with E-state index >= 15 is 0 Å². The Balaban J connectivity index is 1.39. The normalized spacial score (nSPS) is 29.6. The van der Waals surface area contributed by atoms with Gasteiger partial charge in [-0.25, -0.2) is 0 Å². The first kappa shape index (κ1) is 12.8. The molecule has 3 aliphatic rings. The van der Waals surface area contributed by atoms with E-state index in [1.54, 1.807) is 6.20 Å². The molecule has 2 aromatic rings. The lowest BCUT2D eigenvalue weighted by Crippen LogP contribution is -2.75. The van der Waals surface area contributed by atoms with Crippen LogP contribution in [0.15, 0.2) is 22.7 Å². The summed E-state index contributed by atoms with van der Waals surface area (Å²) in [7, 11) is 2.02. The molecule has 0 radical (unpaired) electrons. The van der Waals surface area contributed by atoms with E-state index in [0.717, 1.165) is 30.8 Å². The van der Waals surface area contributed by atoms with E-state index in [0.29, 0.717) is 17.2 Å². The Morgan fingerprint density at radius 3 is 2.76 bits per heavy atom. The van der Waals surface area contributed by atoms with Crippen LogP contribution in [-0.4, -0.2) is 27.8 Å². The van der Waals surface area contributed by atoms with Gasteiger partial charge in [-0.2, -0.15) is 0 Å². The van der Waals surface area contributed by atoms with E-state index in [9.17, 15) is 0 Å². The Labute approximate surface area is 122 Å². The highest BCUT2D eigenvalue weighted by molar-refractivity contribution is 5.33.